The van der Waals surface area contributed by atoms with E-state index in [0.29, 0.717) is 11.9 Å². The molecule has 1 aliphatic carbocycles. The van der Waals surface area contributed by atoms with Gasteiger partial charge in [0, 0.05) is 19.5 Å². The minimum Gasteiger partial charge on any atom is -0.343 e. The Labute approximate surface area is 105 Å². The summed E-state index contributed by atoms with van der Waals surface area (Å²) >= 11 is 0. The molecule has 0 aromatic carbocycles. The van der Waals surface area contributed by atoms with Crippen LogP contribution in [-0.4, -0.2) is 37.0 Å². The predicted molar refractivity (Wildman–Crippen MR) is 69.9 cm³/mol. The van der Waals surface area contributed by atoms with E-state index in [-0.39, 0.29) is 0 Å². The Balaban J connectivity index is 1.70. The lowest BCUT2D eigenvalue weighted by atomic mass is 10.00. The van der Waals surface area contributed by atoms with Crippen LogP contribution in [0.5, 0.6) is 0 Å². The average Bonchev–Trinajstić information content (AvgIpc) is 2.89. The Morgan fingerprint density at radius 2 is 1.82 bits per heavy atom. The van der Waals surface area contributed by atoms with Gasteiger partial charge in [0.2, 0.25) is 5.91 Å². The molecule has 0 atom stereocenters. The lowest BCUT2D eigenvalue weighted by Gasteiger charge is -2.32. The molecule has 3 heteroatoms. The highest BCUT2D eigenvalue weighted by atomic mass is 16.2. The molecule has 1 saturated heterocycles. The molecule has 1 aliphatic heterocycles. The van der Waals surface area contributed by atoms with Crippen molar-refractivity contribution in [3.05, 3.63) is 0 Å². The molecular formula is C14H26N2O. The zero-order valence-corrected chi connectivity index (χ0v) is 11.1. The van der Waals surface area contributed by atoms with Crippen molar-refractivity contribution >= 4 is 5.91 Å². The molecule has 0 bridgehead atoms. The number of nitrogens with zero attached hydrogens (tertiary/aromatic N) is 1. The molecule has 0 radical (unpaired) electrons. The van der Waals surface area contributed by atoms with E-state index >= 15 is 0 Å². The number of hydrogen-bond acceptors (Lipinski definition) is 2. The molecule has 98 valence electrons. The van der Waals surface area contributed by atoms with Gasteiger partial charge in [0.05, 0.1) is 0 Å². The third kappa shape index (κ3) is 3.70. The van der Waals surface area contributed by atoms with Gasteiger partial charge in [0.15, 0.2) is 0 Å². The van der Waals surface area contributed by atoms with E-state index in [4.69, 9.17) is 0 Å². The van der Waals surface area contributed by atoms with Crippen molar-refractivity contribution in [1.29, 1.82) is 0 Å². The minimum absolute atomic E-state index is 0.365. The molecule has 2 fully saturated rings. The lowest BCUT2D eigenvalue weighted by molar-refractivity contribution is -0.132. The summed E-state index contributed by atoms with van der Waals surface area (Å²) in [5.74, 6) is 1.20. The Morgan fingerprint density at radius 1 is 1.18 bits per heavy atom. The predicted octanol–water partition coefficient (Wildman–Crippen LogP) is 2.17. The van der Waals surface area contributed by atoms with Crippen LogP contribution in [-0.2, 0) is 4.79 Å². The van der Waals surface area contributed by atoms with E-state index < -0.39 is 0 Å². The average molecular weight is 238 g/mol. The van der Waals surface area contributed by atoms with Crippen molar-refractivity contribution in [3.63, 3.8) is 0 Å². The third-order valence-corrected chi connectivity index (χ3v) is 4.49. The van der Waals surface area contributed by atoms with Crippen molar-refractivity contribution < 1.29 is 4.79 Å². The molecule has 0 unspecified atom stereocenters. The van der Waals surface area contributed by atoms with Crippen LogP contribution in [0.15, 0.2) is 0 Å². The van der Waals surface area contributed by atoms with Crippen LogP contribution in [0.1, 0.15) is 51.4 Å². The number of hydrogen-bond donors (Lipinski definition) is 1. The molecule has 3 nitrogen and oxygen atoms in total. The first kappa shape index (κ1) is 12.9. The van der Waals surface area contributed by atoms with Crippen LogP contribution < -0.4 is 5.32 Å². The number of nitrogens with one attached hydrogen (secondary N) is 1. The lowest BCUT2D eigenvalue weighted by Crippen LogP contribution is -2.43. The fourth-order valence-corrected chi connectivity index (χ4v) is 3.20. The van der Waals surface area contributed by atoms with E-state index in [2.05, 4.69) is 5.32 Å². The van der Waals surface area contributed by atoms with Crippen molar-refractivity contribution in [3.8, 4) is 0 Å². The van der Waals surface area contributed by atoms with Gasteiger partial charge in [0.25, 0.3) is 0 Å². The topological polar surface area (TPSA) is 32.3 Å². The first-order valence-electron chi connectivity index (χ1n) is 7.24. The van der Waals surface area contributed by atoms with Gasteiger partial charge in [0.1, 0.15) is 0 Å². The molecule has 1 heterocycles. The first-order chi connectivity index (χ1) is 8.27. The molecule has 0 spiro atoms. The molecule has 0 aromatic rings. The van der Waals surface area contributed by atoms with Crippen molar-refractivity contribution in [2.24, 2.45) is 5.92 Å². The first-order valence-corrected chi connectivity index (χ1v) is 7.24. The van der Waals surface area contributed by atoms with Gasteiger partial charge < -0.3 is 10.2 Å². The van der Waals surface area contributed by atoms with Gasteiger partial charge in [-0.2, -0.15) is 0 Å². The van der Waals surface area contributed by atoms with Gasteiger partial charge in [-0.15, -0.1) is 0 Å². The number of carbonyl (C=O) groups is 1. The van der Waals surface area contributed by atoms with E-state index in [1.54, 1.807) is 0 Å². The Kier molecular flexibility index (Phi) is 4.84. The maximum atomic E-state index is 12.1. The summed E-state index contributed by atoms with van der Waals surface area (Å²) in [6.07, 6.45) is 9.58. The maximum absolute atomic E-state index is 12.1. The molecule has 0 aromatic heterocycles. The molecular weight excluding hydrogens is 212 g/mol. The van der Waals surface area contributed by atoms with Gasteiger partial charge in [-0.1, -0.05) is 25.7 Å². The molecule has 1 amide bonds. The second-order valence-electron chi connectivity index (χ2n) is 5.67. The highest BCUT2D eigenvalue weighted by Gasteiger charge is 2.23. The van der Waals surface area contributed by atoms with Crippen LogP contribution in [0.2, 0.25) is 0 Å². The minimum atomic E-state index is 0.365. The maximum Gasteiger partial charge on any atom is 0.222 e. The smallest absolute Gasteiger partial charge is 0.222 e. The number of piperidine rings is 1. The monoisotopic (exact) mass is 238 g/mol. The summed E-state index contributed by atoms with van der Waals surface area (Å²) in [4.78, 5) is 14.1. The van der Waals surface area contributed by atoms with E-state index in [1.165, 1.54) is 25.7 Å². The fourth-order valence-electron chi connectivity index (χ4n) is 3.20. The molecule has 2 aliphatic rings. The van der Waals surface area contributed by atoms with Crippen LogP contribution in [0.25, 0.3) is 0 Å². The third-order valence-electron chi connectivity index (χ3n) is 4.49. The van der Waals surface area contributed by atoms with Gasteiger partial charge in [-0.3, -0.25) is 4.79 Å². The van der Waals surface area contributed by atoms with Gasteiger partial charge in [-0.25, -0.2) is 0 Å². The van der Waals surface area contributed by atoms with E-state index in [0.717, 1.165) is 44.7 Å². The standard InChI is InChI=1S/C14H26N2O/c1-16(13-8-10-15-11-9-13)14(17)7-6-12-4-2-3-5-12/h12-13,15H,2-11H2,1H3. The van der Waals surface area contributed by atoms with Crippen LogP contribution >= 0.6 is 0 Å². The van der Waals surface area contributed by atoms with E-state index in [9.17, 15) is 4.79 Å². The summed E-state index contributed by atoms with van der Waals surface area (Å²) < 4.78 is 0. The normalized spacial score (nSPS) is 22.9. The molecule has 17 heavy (non-hydrogen) atoms. The summed E-state index contributed by atoms with van der Waals surface area (Å²) in [7, 11) is 1.99. The summed E-state index contributed by atoms with van der Waals surface area (Å²) in [6.45, 7) is 2.12. The quantitative estimate of drug-likeness (QED) is 0.814. The van der Waals surface area contributed by atoms with Crippen molar-refractivity contribution in [2.45, 2.75) is 57.4 Å². The van der Waals surface area contributed by atoms with Crippen molar-refractivity contribution in [2.75, 3.05) is 20.1 Å². The Morgan fingerprint density at radius 3 is 2.47 bits per heavy atom. The summed E-state index contributed by atoms with van der Waals surface area (Å²) in [5.41, 5.74) is 0. The summed E-state index contributed by atoms with van der Waals surface area (Å²) in [5, 5.41) is 3.35. The zero-order valence-electron chi connectivity index (χ0n) is 11.1. The van der Waals surface area contributed by atoms with Gasteiger partial charge >= 0.3 is 0 Å². The second kappa shape index (κ2) is 6.39. The highest BCUT2D eigenvalue weighted by Crippen LogP contribution is 2.28. The van der Waals surface area contributed by atoms with E-state index in [1.807, 2.05) is 11.9 Å². The zero-order chi connectivity index (χ0) is 12.1. The molecule has 1 N–H and O–H groups in total. The van der Waals surface area contributed by atoms with Crippen LogP contribution in [0.4, 0.5) is 0 Å². The number of amides is 1. The Bertz CT molecular complexity index is 243. The van der Waals surface area contributed by atoms with Gasteiger partial charge in [-0.05, 0) is 38.3 Å². The largest absolute Gasteiger partial charge is 0.343 e. The fraction of sp³-hybridized carbons (Fsp3) is 0.929. The van der Waals surface area contributed by atoms with Crippen LogP contribution in [0, 0.1) is 5.92 Å². The second-order valence-corrected chi connectivity index (χ2v) is 5.67. The number of carbonyl (C=O) groups excluding carboxylic acids is 1. The molecule has 2 rings (SSSR count). The SMILES string of the molecule is CN(C(=O)CCC1CCCC1)C1CCNCC1. The summed E-state index contributed by atoms with van der Waals surface area (Å²) in [6, 6.07) is 0.479. The van der Waals surface area contributed by atoms with Crippen molar-refractivity contribution in [1.82, 2.24) is 10.2 Å². The molecule has 1 saturated carbocycles. The number of rotatable bonds is 4. The van der Waals surface area contributed by atoms with Crippen LogP contribution in [0.3, 0.4) is 0 Å². The highest BCUT2D eigenvalue weighted by molar-refractivity contribution is 5.76. The Hall–Kier alpha value is -0.570.